The number of pyridine rings is 1. The van der Waals surface area contributed by atoms with Crippen molar-refractivity contribution < 1.29 is 9.59 Å². The molecule has 24 heavy (non-hydrogen) atoms. The van der Waals surface area contributed by atoms with Crippen molar-refractivity contribution in [2.45, 2.75) is 24.8 Å². The number of fused-ring (bicyclic) bond motifs is 1. The Kier molecular flexibility index (Phi) is 3.56. The highest BCUT2D eigenvalue weighted by Gasteiger charge is 2.42. The molecule has 1 N–H and O–H groups in total. The van der Waals surface area contributed by atoms with Crippen LogP contribution in [0.4, 0.5) is 0 Å². The minimum Gasteiger partial charge on any atom is -0.345 e. The van der Waals surface area contributed by atoms with E-state index >= 15 is 0 Å². The van der Waals surface area contributed by atoms with E-state index in [2.05, 4.69) is 10.3 Å². The van der Waals surface area contributed by atoms with Gasteiger partial charge in [-0.15, -0.1) is 0 Å². The van der Waals surface area contributed by atoms with Crippen molar-refractivity contribution in [2.24, 2.45) is 0 Å². The Balaban J connectivity index is 1.54. The summed E-state index contributed by atoms with van der Waals surface area (Å²) in [6, 6.07) is 11.3. The molecule has 2 aromatic rings. The third kappa shape index (κ3) is 2.56. The van der Waals surface area contributed by atoms with Crippen molar-refractivity contribution in [3.63, 3.8) is 0 Å². The lowest BCUT2D eigenvalue weighted by Crippen LogP contribution is -2.50. The molecule has 4 rings (SSSR count). The first kappa shape index (κ1) is 14.9. The van der Waals surface area contributed by atoms with Crippen molar-refractivity contribution >= 4 is 11.8 Å². The van der Waals surface area contributed by atoms with Gasteiger partial charge in [0, 0.05) is 31.0 Å². The van der Waals surface area contributed by atoms with Gasteiger partial charge in [-0.05, 0) is 43.0 Å². The molecule has 1 atom stereocenters. The fraction of sp³-hybridized carbons (Fsp3) is 0.316. The minimum absolute atomic E-state index is 0.0176. The van der Waals surface area contributed by atoms with Crippen molar-refractivity contribution in [3.8, 4) is 0 Å². The van der Waals surface area contributed by atoms with Crippen LogP contribution in [-0.2, 0) is 6.42 Å². The van der Waals surface area contributed by atoms with Gasteiger partial charge in [0.05, 0.1) is 11.1 Å². The molecule has 5 nitrogen and oxygen atoms in total. The van der Waals surface area contributed by atoms with Gasteiger partial charge in [-0.1, -0.05) is 18.2 Å². The van der Waals surface area contributed by atoms with E-state index in [9.17, 15) is 9.59 Å². The van der Waals surface area contributed by atoms with Gasteiger partial charge in [-0.2, -0.15) is 0 Å². The van der Waals surface area contributed by atoms with Crippen LogP contribution in [0, 0.1) is 0 Å². The molecule has 5 heteroatoms. The molecule has 1 aromatic heterocycles. The lowest BCUT2D eigenvalue weighted by atomic mass is 9.91. The molecule has 1 fully saturated rings. The summed E-state index contributed by atoms with van der Waals surface area (Å²) >= 11 is 0. The number of carbonyl (C=O) groups is 2. The third-order valence-electron chi connectivity index (χ3n) is 5.06. The zero-order chi connectivity index (χ0) is 16.6. The molecule has 0 bridgehead atoms. The summed E-state index contributed by atoms with van der Waals surface area (Å²) in [6.45, 7) is 1.21. The quantitative estimate of drug-likeness (QED) is 0.874. The van der Waals surface area contributed by atoms with Crippen LogP contribution in [0.5, 0.6) is 0 Å². The van der Waals surface area contributed by atoms with Crippen LogP contribution in [-0.4, -0.2) is 40.3 Å². The Morgan fingerprint density at radius 1 is 1.17 bits per heavy atom. The molecule has 0 radical (unpaired) electrons. The Bertz CT molecular complexity index is 790. The van der Waals surface area contributed by atoms with Gasteiger partial charge >= 0.3 is 0 Å². The summed E-state index contributed by atoms with van der Waals surface area (Å²) in [5.74, 6) is -0.0465. The zero-order valence-corrected chi connectivity index (χ0v) is 13.4. The number of aromatic nitrogens is 1. The molecular weight excluding hydrogens is 302 g/mol. The Hall–Kier alpha value is -2.69. The fourth-order valence-electron chi connectivity index (χ4n) is 3.73. The molecule has 2 aliphatic heterocycles. The van der Waals surface area contributed by atoms with E-state index in [0.29, 0.717) is 18.7 Å². The van der Waals surface area contributed by atoms with Gasteiger partial charge in [-0.3, -0.25) is 14.6 Å². The predicted octanol–water partition coefficient (Wildman–Crippen LogP) is 2.04. The molecule has 3 heterocycles. The largest absolute Gasteiger partial charge is 0.345 e. The van der Waals surface area contributed by atoms with Crippen LogP contribution in [0.15, 0.2) is 48.8 Å². The molecular formula is C19H19N3O2. The van der Waals surface area contributed by atoms with Crippen molar-refractivity contribution in [1.82, 2.24) is 15.2 Å². The fourth-order valence-corrected chi connectivity index (χ4v) is 3.73. The average molecular weight is 321 g/mol. The lowest BCUT2D eigenvalue weighted by Gasteiger charge is -2.29. The van der Waals surface area contributed by atoms with E-state index in [4.69, 9.17) is 0 Å². The average Bonchev–Trinajstić information content (AvgIpc) is 2.98. The van der Waals surface area contributed by atoms with Gasteiger partial charge in [0.15, 0.2) is 0 Å². The number of aryl methyl sites for hydroxylation is 1. The van der Waals surface area contributed by atoms with E-state index in [0.717, 1.165) is 30.4 Å². The van der Waals surface area contributed by atoms with Crippen LogP contribution in [0.2, 0.25) is 0 Å². The maximum Gasteiger partial charge on any atom is 0.255 e. The summed E-state index contributed by atoms with van der Waals surface area (Å²) in [5.41, 5.74) is 2.11. The SMILES string of the molecule is O=C1N[C@]2(CCc3ccccc31)CCN(C(=O)c1cccnc1)C2. The standard InChI is InChI=1S/C19H19N3O2/c23-17-16-6-2-1-4-14(16)7-8-19(21-17)9-11-22(13-19)18(24)15-5-3-10-20-12-15/h1-6,10,12H,7-9,11,13H2,(H,21,23)/t19-/m1/s1. The number of carbonyl (C=O) groups excluding carboxylic acids is 2. The number of hydrogen-bond donors (Lipinski definition) is 1. The molecule has 2 aliphatic rings. The Morgan fingerprint density at radius 2 is 2.04 bits per heavy atom. The molecule has 122 valence electrons. The van der Waals surface area contributed by atoms with Gasteiger partial charge in [0.1, 0.15) is 0 Å². The second-order valence-electron chi connectivity index (χ2n) is 6.61. The van der Waals surface area contributed by atoms with E-state index in [1.54, 1.807) is 24.5 Å². The number of rotatable bonds is 1. The van der Waals surface area contributed by atoms with Crippen molar-refractivity contribution in [1.29, 1.82) is 0 Å². The minimum atomic E-state index is -0.325. The Labute approximate surface area is 140 Å². The second kappa shape index (κ2) is 5.74. The summed E-state index contributed by atoms with van der Waals surface area (Å²) in [7, 11) is 0. The van der Waals surface area contributed by atoms with Gasteiger partial charge in [0.25, 0.3) is 11.8 Å². The topological polar surface area (TPSA) is 62.3 Å². The summed E-state index contributed by atoms with van der Waals surface area (Å²) in [5, 5.41) is 3.20. The van der Waals surface area contributed by atoms with E-state index in [1.807, 2.05) is 29.2 Å². The first-order chi connectivity index (χ1) is 11.7. The van der Waals surface area contributed by atoms with Crippen LogP contribution in [0.3, 0.4) is 0 Å². The smallest absolute Gasteiger partial charge is 0.255 e. The van der Waals surface area contributed by atoms with Gasteiger partial charge < -0.3 is 10.2 Å². The molecule has 0 aliphatic carbocycles. The van der Waals surface area contributed by atoms with Crippen LogP contribution in [0.25, 0.3) is 0 Å². The molecule has 2 amide bonds. The summed E-state index contributed by atoms with van der Waals surface area (Å²) in [4.78, 5) is 31.1. The number of amides is 2. The lowest BCUT2D eigenvalue weighted by molar-refractivity contribution is 0.0764. The van der Waals surface area contributed by atoms with Crippen LogP contribution < -0.4 is 5.32 Å². The van der Waals surface area contributed by atoms with Crippen LogP contribution in [0.1, 0.15) is 39.1 Å². The number of nitrogens with one attached hydrogen (secondary N) is 1. The predicted molar refractivity (Wildman–Crippen MR) is 89.7 cm³/mol. The number of benzene rings is 1. The van der Waals surface area contributed by atoms with Crippen molar-refractivity contribution in [2.75, 3.05) is 13.1 Å². The molecule has 0 unspecified atom stereocenters. The number of hydrogen-bond acceptors (Lipinski definition) is 3. The highest BCUT2D eigenvalue weighted by molar-refractivity contribution is 5.97. The monoisotopic (exact) mass is 321 g/mol. The van der Waals surface area contributed by atoms with E-state index in [1.165, 1.54) is 0 Å². The van der Waals surface area contributed by atoms with Gasteiger partial charge in [0.2, 0.25) is 0 Å². The molecule has 0 saturated carbocycles. The first-order valence-corrected chi connectivity index (χ1v) is 8.27. The molecule has 1 aromatic carbocycles. The second-order valence-corrected chi connectivity index (χ2v) is 6.61. The first-order valence-electron chi connectivity index (χ1n) is 8.27. The number of likely N-dealkylation sites (tertiary alicyclic amines) is 1. The van der Waals surface area contributed by atoms with E-state index in [-0.39, 0.29) is 17.4 Å². The van der Waals surface area contributed by atoms with Crippen LogP contribution >= 0.6 is 0 Å². The Morgan fingerprint density at radius 3 is 2.88 bits per heavy atom. The van der Waals surface area contributed by atoms with E-state index < -0.39 is 0 Å². The van der Waals surface area contributed by atoms with Crippen molar-refractivity contribution in [3.05, 3.63) is 65.5 Å². The summed E-state index contributed by atoms with van der Waals surface area (Å²) in [6.07, 6.45) is 5.75. The molecule has 1 saturated heterocycles. The third-order valence-corrected chi connectivity index (χ3v) is 5.06. The maximum absolute atomic E-state index is 12.6. The maximum atomic E-state index is 12.6. The summed E-state index contributed by atoms with van der Waals surface area (Å²) < 4.78 is 0. The van der Waals surface area contributed by atoms with Gasteiger partial charge in [-0.25, -0.2) is 0 Å². The molecule has 1 spiro atoms. The normalized spacial score (nSPS) is 22.8. The highest BCUT2D eigenvalue weighted by atomic mass is 16.2. The zero-order valence-electron chi connectivity index (χ0n) is 13.4. The number of nitrogens with zero attached hydrogens (tertiary/aromatic N) is 2. The highest BCUT2D eigenvalue weighted by Crippen LogP contribution is 2.31.